The number of aryl methyl sites for hydroxylation is 1. The molecule has 3 aromatic rings. The summed E-state index contributed by atoms with van der Waals surface area (Å²) in [4.78, 5) is 18.5. The molecule has 38 heavy (non-hydrogen) atoms. The lowest BCUT2D eigenvalue weighted by Crippen LogP contribution is -2.41. The van der Waals surface area contributed by atoms with E-state index in [0.717, 1.165) is 5.52 Å². The Labute approximate surface area is 232 Å². The van der Waals surface area contributed by atoms with Crippen LogP contribution >= 0.6 is 34.8 Å². The molecular weight excluding hydrogens is 564 g/mol. The molecule has 2 aromatic carbocycles. The molecule has 12 heteroatoms. The number of nitrogens with zero attached hydrogens (tertiary/aromatic N) is 3. The number of fused-ring (bicyclic) bond motifs is 1. The second-order valence-corrected chi connectivity index (χ2v) is 11.3. The van der Waals surface area contributed by atoms with Gasteiger partial charge in [0.15, 0.2) is 0 Å². The van der Waals surface area contributed by atoms with Crippen molar-refractivity contribution >= 4 is 57.4 Å². The predicted molar refractivity (Wildman–Crippen MR) is 142 cm³/mol. The van der Waals surface area contributed by atoms with Crippen LogP contribution in [0.5, 0.6) is 0 Å². The van der Waals surface area contributed by atoms with E-state index in [1.54, 1.807) is 29.2 Å². The molecule has 1 aliphatic carbocycles. The summed E-state index contributed by atoms with van der Waals surface area (Å²) >= 11 is 19.7. The first-order chi connectivity index (χ1) is 17.9. The van der Waals surface area contributed by atoms with E-state index in [2.05, 4.69) is 5.32 Å². The minimum absolute atomic E-state index is 0.112. The van der Waals surface area contributed by atoms with Gasteiger partial charge in [-0.25, -0.2) is 4.98 Å². The molecule has 5 rings (SSSR count). The summed E-state index contributed by atoms with van der Waals surface area (Å²) in [6, 6.07) is 6.87. The van der Waals surface area contributed by atoms with Crippen LogP contribution in [-0.2, 0) is 24.8 Å². The van der Waals surface area contributed by atoms with Crippen molar-refractivity contribution in [2.24, 2.45) is 13.0 Å². The molecule has 2 fully saturated rings. The lowest BCUT2D eigenvalue weighted by molar-refractivity contribution is -0.176. The Morgan fingerprint density at radius 3 is 2.63 bits per heavy atom. The number of rotatable bonds is 6. The number of carbonyl (C=O) groups is 1. The number of amides is 1. The van der Waals surface area contributed by atoms with E-state index < -0.39 is 23.6 Å². The lowest BCUT2D eigenvalue weighted by atomic mass is 9.97. The highest BCUT2D eigenvalue weighted by molar-refractivity contribution is 6.36. The molecule has 2 N–H and O–H groups in total. The van der Waals surface area contributed by atoms with Crippen molar-refractivity contribution in [3.05, 3.63) is 56.3 Å². The molecule has 1 unspecified atom stereocenters. The summed E-state index contributed by atoms with van der Waals surface area (Å²) in [6.07, 6.45) is -2.54. The molecule has 0 radical (unpaired) electrons. The van der Waals surface area contributed by atoms with Gasteiger partial charge in [-0.2, -0.15) is 13.2 Å². The predicted octanol–water partition coefficient (Wildman–Crippen LogP) is 6.04. The van der Waals surface area contributed by atoms with Gasteiger partial charge < -0.3 is 19.9 Å². The van der Waals surface area contributed by atoms with Crippen LogP contribution in [0.3, 0.4) is 0 Å². The normalized spacial score (nSPS) is 19.2. The van der Waals surface area contributed by atoms with Gasteiger partial charge in [0.25, 0.3) is 5.91 Å². The zero-order chi connectivity index (χ0) is 27.4. The first-order valence-electron chi connectivity index (χ1n) is 12.3. The minimum Gasteiger partial charge on any atom is -0.380 e. The number of aromatic nitrogens is 2. The third-order valence-corrected chi connectivity index (χ3v) is 8.58. The number of hydrogen-bond donors (Lipinski definition) is 2. The van der Waals surface area contributed by atoms with Gasteiger partial charge >= 0.3 is 6.18 Å². The molecule has 6 nitrogen and oxygen atoms in total. The number of imidazole rings is 1. The molecule has 1 saturated heterocycles. The lowest BCUT2D eigenvalue weighted by Gasteiger charge is -2.35. The largest absolute Gasteiger partial charge is 0.393 e. The number of anilines is 1. The number of carbonyl (C=O) groups excluding carboxylic acids is 1. The highest BCUT2D eigenvalue weighted by atomic mass is 35.5. The van der Waals surface area contributed by atoms with Gasteiger partial charge in [-0.3, -0.25) is 4.79 Å². The van der Waals surface area contributed by atoms with Crippen LogP contribution in [0, 0.1) is 5.92 Å². The molecule has 1 amide bonds. The van der Waals surface area contributed by atoms with Crippen molar-refractivity contribution in [1.82, 2.24) is 14.9 Å². The topological polar surface area (TPSA) is 70.4 Å². The van der Waals surface area contributed by atoms with E-state index in [1.807, 2.05) is 11.6 Å². The van der Waals surface area contributed by atoms with Gasteiger partial charge in [-0.15, -0.1) is 0 Å². The Bertz CT molecular complexity index is 1400. The van der Waals surface area contributed by atoms with E-state index >= 15 is 0 Å². The summed E-state index contributed by atoms with van der Waals surface area (Å²) in [5.41, 5.74) is 1.87. The van der Waals surface area contributed by atoms with Gasteiger partial charge in [-0.1, -0.05) is 40.9 Å². The summed E-state index contributed by atoms with van der Waals surface area (Å²) in [5, 5.41) is 13.8. The monoisotopic (exact) mass is 588 g/mol. The molecule has 2 aliphatic rings. The van der Waals surface area contributed by atoms with Crippen LogP contribution in [0.1, 0.15) is 42.6 Å². The quantitative estimate of drug-likeness (QED) is 0.368. The average Bonchev–Trinajstić information content (AvgIpc) is 3.55. The fourth-order valence-corrected chi connectivity index (χ4v) is 5.75. The fourth-order valence-electron chi connectivity index (χ4n) is 4.90. The summed E-state index contributed by atoms with van der Waals surface area (Å²) in [5.74, 6) is -1.18. The van der Waals surface area contributed by atoms with Gasteiger partial charge in [0.1, 0.15) is 11.4 Å². The van der Waals surface area contributed by atoms with E-state index in [-0.39, 0.29) is 25.9 Å². The molecule has 1 atom stereocenters. The van der Waals surface area contributed by atoms with Crippen molar-refractivity contribution in [2.75, 3.05) is 18.0 Å². The van der Waals surface area contributed by atoms with E-state index in [0.29, 0.717) is 69.0 Å². The van der Waals surface area contributed by atoms with Gasteiger partial charge in [0.2, 0.25) is 0 Å². The number of benzene rings is 2. The third kappa shape index (κ3) is 5.30. The molecule has 1 aliphatic heterocycles. The van der Waals surface area contributed by atoms with Gasteiger partial charge in [-0.05, 0) is 55.0 Å². The Morgan fingerprint density at radius 2 is 1.95 bits per heavy atom. The highest BCUT2D eigenvalue weighted by Crippen LogP contribution is 2.39. The fraction of sp³-hybridized carbons (Fsp3) is 0.462. The molecular formula is C26H26Cl3F3N4O2. The Balaban J connectivity index is 1.41. The van der Waals surface area contributed by atoms with Crippen molar-refractivity contribution in [3.8, 4) is 0 Å². The second-order valence-electron chi connectivity index (χ2n) is 10.1. The minimum atomic E-state index is -4.25. The zero-order valence-electron chi connectivity index (χ0n) is 20.5. The standard InChI is InChI=1S/C26H26Cl3F3N4O2/c1-35-21-11-20(36-8-2-3-15(13-36)26(30,31)32)18(28)10-19(21)34-22(35)9-16-17(27)5-4-14(23(16)29)12-33-24(37)25(38)6-7-25/h4-5,10-11,15,38H,2-3,6-9,12-13H2,1H3,(H,33,37). The van der Waals surface area contributed by atoms with Crippen LogP contribution < -0.4 is 10.2 Å². The second kappa shape index (κ2) is 10.1. The van der Waals surface area contributed by atoms with Crippen molar-refractivity contribution in [3.63, 3.8) is 0 Å². The Kier molecular flexibility index (Phi) is 7.26. The first-order valence-corrected chi connectivity index (χ1v) is 13.4. The van der Waals surface area contributed by atoms with Crippen molar-refractivity contribution < 1.29 is 23.1 Å². The molecule has 1 saturated carbocycles. The summed E-state index contributed by atoms with van der Waals surface area (Å²) in [7, 11) is 1.82. The van der Waals surface area contributed by atoms with Gasteiger partial charge in [0.05, 0.1) is 32.7 Å². The van der Waals surface area contributed by atoms with Crippen LogP contribution in [0.15, 0.2) is 24.3 Å². The average molecular weight is 590 g/mol. The van der Waals surface area contributed by atoms with Crippen molar-refractivity contribution in [1.29, 1.82) is 0 Å². The maximum atomic E-state index is 13.4. The number of alkyl halides is 3. The van der Waals surface area contributed by atoms with E-state index in [1.165, 1.54) is 0 Å². The molecule has 0 bridgehead atoms. The number of halogens is 6. The highest BCUT2D eigenvalue weighted by Gasteiger charge is 2.48. The van der Waals surface area contributed by atoms with E-state index in [9.17, 15) is 23.1 Å². The maximum Gasteiger partial charge on any atom is 0.393 e. The van der Waals surface area contributed by atoms with Crippen LogP contribution in [0.4, 0.5) is 18.9 Å². The zero-order valence-corrected chi connectivity index (χ0v) is 22.8. The number of nitrogens with one attached hydrogen (secondary N) is 1. The Morgan fingerprint density at radius 1 is 1.21 bits per heavy atom. The summed E-state index contributed by atoms with van der Waals surface area (Å²) < 4.78 is 42.0. The number of piperidine rings is 1. The maximum absolute atomic E-state index is 13.4. The van der Waals surface area contributed by atoms with Gasteiger partial charge in [0, 0.05) is 38.1 Å². The third-order valence-electron chi connectivity index (χ3n) is 7.45. The van der Waals surface area contributed by atoms with Crippen LogP contribution in [-0.4, -0.2) is 45.4 Å². The molecule has 204 valence electrons. The van der Waals surface area contributed by atoms with E-state index in [4.69, 9.17) is 39.8 Å². The SMILES string of the molecule is Cn1c(Cc2c(Cl)ccc(CNC(=O)C3(O)CC3)c2Cl)nc2cc(Cl)c(N3CCCC(C(F)(F)F)C3)cc21. The van der Waals surface area contributed by atoms with Crippen molar-refractivity contribution in [2.45, 2.75) is 50.4 Å². The number of aliphatic hydroxyl groups is 1. The van der Waals surface area contributed by atoms with Crippen LogP contribution in [0.25, 0.3) is 11.0 Å². The molecule has 1 aromatic heterocycles. The van der Waals surface area contributed by atoms with Crippen LogP contribution in [0.2, 0.25) is 15.1 Å². The first kappa shape index (κ1) is 27.4. The molecule has 0 spiro atoms. The molecule has 2 heterocycles. The number of hydrogen-bond acceptors (Lipinski definition) is 4. The Hall–Kier alpha value is -2.20. The smallest absolute Gasteiger partial charge is 0.380 e. The summed E-state index contributed by atoms with van der Waals surface area (Å²) in [6.45, 7) is 0.500.